The lowest BCUT2D eigenvalue weighted by molar-refractivity contribution is -0.132. The summed E-state index contributed by atoms with van der Waals surface area (Å²) in [5.74, 6) is -1.68. The van der Waals surface area contributed by atoms with Crippen molar-refractivity contribution in [2.75, 3.05) is 4.90 Å². The van der Waals surface area contributed by atoms with Gasteiger partial charge >= 0.3 is 5.91 Å². The zero-order chi connectivity index (χ0) is 21.6. The Hall–Kier alpha value is -2.96. The van der Waals surface area contributed by atoms with Crippen LogP contribution in [0.15, 0.2) is 54.1 Å². The number of amides is 1. The minimum atomic E-state index is -0.824. The van der Waals surface area contributed by atoms with Gasteiger partial charge in [0.25, 0.3) is 5.78 Å². The molecular formula is C23H19ClN2O3S. The van der Waals surface area contributed by atoms with Gasteiger partial charge in [0.05, 0.1) is 17.3 Å². The van der Waals surface area contributed by atoms with Gasteiger partial charge in [-0.15, -0.1) is 11.3 Å². The fourth-order valence-corrected chi connectivity index (χ4v) is 4.58. The third kappa shape index (κ3) is 3.42. The zero-order valence-electron chi connectivity index (χ0n) is 16.6. The molecule has 1 amide bonds. The molecule has 30 heavy (non-hydrogen) atoms. The third-order valence-electron chi connectivity index (χ3n) is 5.16. The largest absolute Gasteiger partial charge is 0.507 e. The summed E-state index contributed by atoms with van der Waals surface area (Å²) in [6.45, 7) is 5.70. The van der Waals surface area contributed by atoms with Crippen molar-refractivity contribution in [1.29, 1.82) is 0 Å². The predicted molar refractivity (Wildman–Crippen MR) is 119 cm³/mol. The topological polar surface area (TPSA) is 70.5 Å². The van der Waals surface area contributed by atoms with E-state index in [-0.39, 0.29) is 11.3 Å². The number of hydrogen-bond acceptors (Lipinski definition) is 5. The Labute approximate surface area is 183 Å². The van der Waals surface area contributed by atoms with Gasteiger partial charge in [0.15, 0.2) is 5.13 Å². The van der Waals surface area contributed by atoms with Crippen molar-refractivity contribution in [1.82, 2.24) is 4.98 Å². The first kappa shape index (κ1) is 20.3. The molecule has 152 valence electrons. The van der Waals surface area contributed by atoms with E-state index in [9.17, 15) is 14.7 Å². The van der Waals surface area contributed by atoms with Crippen molar-refractivity contribution in [3.63, 3.8) is 0 Å². The molecule has 7 heteroatoms. The highest BCUT2D eigenvalue weighted by Gasteiger charge is 2.48. The molecule has 2 aromatic carbocycles. The molecule has 0 radical (unpaired) electrons. The Morgan fingerprint density at radius 3 is 2.40 bits per heavy atom. The van der Waals surface area contributed by atoms with E-state index < -0.39 is 17.7 Å². The highest BCUT2D eigenvalue weighted by atomic mass is 35.5. The van der Waals surface area contributed by atoms with Crippen LogP contribution in [0.2, 0.25) is 5.02 Å². The highest BCUT2D eigenvalue weighted by molar-refractivity contribution is 7.16. The van der Waals surface area contributed by atoms with Gasteiger partial charge in [0, 0.05) is 15.5 Å². The van der Waals surface area contributed by atoms with Gasteiger partial charge in [-0.3, -0.25) is 14.5 Å². The van der Waals surface area contributed by atoms with Crippen molar-refractivity contribution in [3.8, 4) is 0 Å². The SMILES string of the molecule is Cc1ccc(C(O)=C2C(=O)C(=O)N(c3nc(C)c(C)s3)[C@@H]2c2cccc(Cl)c2)cc1. The van der Waals surface area contributed by atoms with Crippen molar-refractivity contribution in [3.05, 3.63) is 86.4 Å². The molecule has 4 rings (SSSR count). The molecule has 1 aliphatic rings. The maximum Gasteiger partial charge on any atom is 0.301 e. The lowest BCUT2D eigenvalue weighted by atomic mass is 9.95. The van der Waals surface area contributed by atoms with Crippen LogP contribution in [0.3, 0.4) is 0 Å². The normalized spacial score (nSPS) is 18.3. The average Bonchev–Trinajstić information content (AvgIpc) is 3.18. The zero-order valence-corrected chi connectivity index (χ0v) is 18.2. The van der Waals surface area contributed by atoms with E-state index in [4.69, 9.17) is 11.6 Å². The van der Waals surface area contributed by atoms with Crippen molar-refractivity contribution in [2.45, 2.75) is 26.8 Å². The fourth-order valence-electron chi connectivity index (χ4n) is 3.45. The van der Waals surface area contributed by atoms with E-state index in [0.29, 0.717) is 21.3 Å². The number of hydrogen-bond donors (Lipinski definition) is 1. The molecular weight excluding hydrogens is 420 g/mol. The lowest BCUT2D eigenvalue weighted by Crippen LogP contribution is -2.29. The fraction of sp³-hybridized carbons (Fsp3) is 0.174. The number of halogens is 1. The van der Waals surface area contributed by atoms with Crippen LogP contribution in [0.1, 0.15) is 33.3 Å². The number of carbonyl (C=O) groups is 2. The summed E-state index contributed by atoms with van der Waals surface area (Å²) >= 11 is 7.54. The summed E-state index contributed by atoms with van der Waals surface area (Å²) in [7, 11) is 0. The number of ketones is 1. The Morgan fingerprint density at radius 2 is 1.80 bits per heavy atom. The van der Waals surface area contributed by atoms with E-state index in [0.717, 1.165) is 16.1 Å². The second-order valence-electron chi connectivity index (χ2n) is 7.23. The first-order valence-corrected chi connectivity index (χ1v) is 10.5. The standard InChI is InChI=1S/C23H19ClN2O3S/c1-12-7-9-15(10-8-12)20(27)18-19(16-5-4-6-17(24)11-16)26(22(29)21(18)28)23-25-13(2)14(3)30-23/h4-11,19,27H,1-3H3/t19-/m1/s1. The number of anilines is 1. The second-order valence-corrected chi connectivity index (χ2v) is 8.85. The van der Waals surface area contributed by atoms with Crippen molar-refractivity contribution >= 4 is 45.5 Å². The number of carbonyl (C=O) groups excluding carboxylic acids is 2. The molecule has 5 nitrogen and oxygen atoms in total. The predicted octanol–water partition coefficient (Wildman–Crippen LogP) is 5.35. The van der Waals surface area contributed by atoms with Crippen LogP contribution in [0.25, 0.3) is 5.76 Å². The number of aromatic nitrogens is 1. The number of thiazole rings is 1. The number of benzene rings is 2. The second kappa shape index (κ2) is 7.70. The molecule has 1 N–H and O–H groups in total. The minimum Gasteiger partial charge on any atom is -0.507 e. The molecule has 0 saturated carbocycles. The molecule has 3 aromatic rings. The number of aliphatic hydroxyl groups excluding tert-OH is 1. The first-order valence-electron chi connectivity index (χ1n) is 9.35. The van der Waals surface area contributed by atoms with Crippen LogP contribution in [-0.2, 0) is 9.59 Å². The van der Waals surface area contributed by atoms with Crippen molar-refractivity contribution < 1.29 is 14.7 Å². The molecule has 0 aliphatic carbocycles. The van der Waals surface area contributed by atoms with E-state index in [1.807, 2.05) is 32.9 Å². The van der Waals surface area contributed by atoms with E-state index in [1.165, 1.54) is 16.2 Å². The first-order chi connectivity index (χ1) is 14.3. The Balaban J connectivity index is 1.96. The summed E-state index contributed by atoms with van der Waals surface area (Å²) in [5.41, 5.74) is 2.93. The number of rotatable bonds is 3. The van der Waals surface area contributed by atoms with Gasteiger partial charge in [0.1, 0.15) is 5.76 Å². The molecule has 1 aliphatic heterocycles. The Kier molecular flexibility index (Phi) is 5.22. The highest BCUT2D eigenvalue weighted by Crippen LogP contribution is 2.44. The summed E-state index contributed by atoms with van der Waals surface area (Å²) in [6, 6.07) is 13.3. The quantitative estimate of drug-likeness (QED) is 0.340. The minimum absolute atomic E-state index is 0.0247. The number of nitrogens with zero attached hydrogens (tertiary/aromatic N) is 2. The molecule has 1 atom stereocenters. The van der Waals surface area contributed by atoms with Gasteiger partial charge in [-0.25, -0.2) is 4.98 Å². The maximum atomic E-state index is 13.1. The van der Waals surface area contributed by atoms with Crippen LogP contribution in [-0.4, -0.2) is 21.8 Å². The molecule has 2 heterocycles. The summed E-state index contributed by atoms with van der Waals surface area (Å²) in [6.07, 6.45) is 0. The number of aliphatic hydroxyl groups is 1. The lowest BCUT2D eigenvalue weighted by Gasteiger charge is -2.23. The summed E-state index contributed by atoms with van der Waals surface area (Å²) < 4.78 is 0. The third-order valence-corrected chi connectivity index (χ3v) is 6.46. The van der Waals surface area contributed by atoms with Crippen LogP contribution in [0, 0.1) is 20.8 Å². The number of aryl methyl sites for hydroxylation is 3. The van der Waals surface area contributed by atoms with E-state index in [1.54, 1.807) is 36.4 Å². The number of Topliss-reactive ketones (excluding diaryl/α,β-unsaturated/α-hetero) is 1. The molecule has 0 spiro atoms. The van der Waals surface area contributed by atoms with Gasteiger partial charge in [0.2, 0.25) is 0 Å². The van der Waals surface area contributed by atoms with E-state index >= 15 is 0 Å². The van der Waals surface area contributed by atoms with Gasteiger partial charge in [-0.2, -0.15) is 0 Å². The van der Waals surface area contributed by atoms with E-state index in [2.05, 4.69) is 4.98 Å². The summed E-state index contributed by atoms with van der Waals surface area (Å²) in [4.78, 5) is 32.9. The van der Waals surface area contributed by atoms with Gasteiger partial charge < -0.3 is 5.11 Å². The van der Waals surface area contributed by atoms with Crippen LogP contribution in [0.5, 0.6) is 0 Å². The average molecular weight is 439 g/mol. The Morgan fingerprint density at radius 1 is 1.10 bits per heavy atom. The molecule has 0 bridgehead atoms. The monoisotopic (exact) mass is 438 g/mol. The Bertz CT molecular complexity index is 1180. The van der Waals surface area contributed by atoms with Crippen LogP contribution < -0.4 is 4.90 Å². The maximum absolute atomic E-state index is 13.1. The smallest absolute Gasteiger partial charge is 0.301 e. The van der Waals surface area contributed by atoms with Gasteiger partial charge in [-0.1, -0.05) is 53.6 Å². The van der Waals surface area contributed by atoms with Crippen LogP contribution in [0.4, 0.5) is 5.13 Å². The molecule has 1 fully saturated rings. The molecule has 1 aromatic heterocycles. The molecule has 0 unspecified atom stereocenters. The van der Waals surface area contributed by atoms with Crippen molar-refractivity contribution in [2.24, 2.45) is 0 Å². The molecule has 1 saturated heterocycles. The van der Waals surface area contributed by atoms with Gasteiger partial charge in [-0.05, 0) is 38.5 Å². The van der Waals surface area contributed by atoms with Crippen LogP contribution >= 0.6 is 22.9 Å². The summed E-state index contributed by atoms with van der Waals surface area (Å²) in [5, 5.41) is 11.9.